The van der Waals surface area contributed by atoms with Crippen molar-refractivity contribution in [2.24, 2.45) is 23.7 Å². The van der Waals surface area contributed by atoms with Gasteiger partial charge in [0, 0.05) is 0 Å². The van der Waals surface area contributed by atoms with Crippen molar-refractivity contribution < 1.29 is 0 Å². The van der Waals surface area contributed by atoms with Crippen LogP contribution in [0.4, 0.5) is 0 Å². The fourth-order valence-electron chi connectivity index (χ4n) is 3.35. The molecule has 0 heterocycles. The lowest BCUT2D eigenvalue weighted by Gasteiger charge is -2.22. The first-order valence-electron chi connectivity index (χ1n) is 6.70. The normalized spacial score (nSPS) is 37.7. The summed E-state index contributed by atoms with van der Waals surface area (Å²) in [4.78, 5) is 0. The Hall–Kier alpha value is 0. The average molecular weight is 196 g/mol. The molecule has 0 aliphatic heterocycles. The van der Waals surface area contributed by atoms with Gasteiger partial charge in [-0.15, -0.1) is 0 Å². The van der Waals surface area contributed by atoms with E-state index in [2.05, 4.69) is 27.7 Å². The van der Waals surface area contributed by atoms with Gasteiger partial charge in [-0.2, -0.15) is 0 Å². The number of hydrogen-bond donors (Lipinski definition) is 0. The van der Waals surface area contributed by atoms with Gasteiger partial charge in [0.15, 0.2) is 0 Å². The second kappa shape index (κ2) is 5.78. The minimum atomic E-state index is 0.980. The molecule has 0 radical (unpaired) electrons. The van der Waals surface area contributed by atoms with Crippen LogP contribution in [0.1, 0.15) is 66.2 Å². The van der Waals surface area contributed by atoms with E-state index in [0.29, 0.717) is 0 Å². The zero-order chi connectivity index (χ0) is 10.6. The van der Waals surface area contributed by atoms with Crippen LogP contribution >= 0.6 is 0 Å². The minimum Gasteiger partial charge on any atom is -0.0654 e. The van der Waals surface area contributed by atoms with Crippen molar-refractivity contribution in [3.05, 3.63) is 0 Å². The van der Waals surface area contributed by atoms with E-state index < -0.39 is 0 Å². The van der Waals surface area contributed by atoms with Gasteiger partial charge < -0.3 is 0 Å². The lowest BCUT2D eigenvalue weighted by atomic mass is 9.83. The summed E-state index contributed by atoms with van der Waals surface area (Å²) in [6, 6.07) is 0. The smallest absolute Gasteiger partial charge is 0.0358 e. The standard InChI is InChI=1S/C14H28/c1-5-7-9-13-10-11(3)12(4)14(13)8-6-2/h11-14H,5-10H2,1-4H3. The summed E-state index contributed by atoms with van der Waals surface area (Å²) in [5.41, 5.74) is 0. The summed E-state index contributed by atoms with van der Waals surface area (Å²) in [5.74, 6) is 4.06. The first kappa shape index (κ1) is 12.1. The van der Waals surface area contributed by atoms with Crippen LogP contribution in [-0.4, -0.2) is 0 Å². The predicted molar refractivity (Wildman–Crippen MR) is 64.4 cm³/mol. The molecule has 0 spiro atoms. The predicted octanol–water partition coefficient (Wildman–Crippen LogP) is 4.89. The molecule has 1 rings (SSSR count). The quantitative estimate of drug-likeness (QED) is 0.587. The molecule has 4 atom stereocenters. The van der Waals surface area contributed by atoms with Crippen LogP contribution in [0.25, 0.3) is 0 Å². The van der Waals surface area contributed by atoms with Crippen molar-refractivity contribution in [2.75, 3.05) is 0 Å². The summed E-state index contributed by atoms with van der Waals surface area (Å²) < 4.78 is 0. The summed E-state index contributed by atoms with van der Waals surface area (Å²) in [5, 5.41) is 0. The Morgan fingerprint density at radius 3 is 2.29 bits per heavy atom. The van der Waals surface area contributed by atoms with E-state index in [1.807, 2.05) is 0 Å². The summed E-state index contributed by atoms with van der Waals surface area (Å²) in [7, 11) is 0. The van der Waals surface area contributed by atoms with Crippen molar-refractivity contribution >= 4 is 0 Å². The van der Waals surface area contributed by atoms with Crippen molar-refractivity contribution in [3.8, 4) is 0 Å². The minimum absolute atomic E-state index is 0.980. The van der Waals surface area contributed by atoms with E-state index in [-0.39, 0.29) is 0 Å². The van der Waals surface area contributed by atoms with Crippen molar-refractivity contribution in [1.82, 2.24) is 0 Å². The maximum atomic E-state index is 2.48. The lowest BCUT2D eigenvalue weighted by molar-refractivity contribution is 0.275. The third-order valence-electron chi connectivity index (χ3n) is 4.40. The molecule has 1 saturated carbocycles. The van der Waals surface area contributed by atoms with Crippen LogP contribution in [0.15, 0.2) is 0 Å². The van der Waals surface area contributed by atoms with Crippen molar-refractivity contribution in [2.45, 2.75) is 66.2 Å². The summed E-state index contributed by atoms with van der Waals surface area (Å²) in [6.45, 7) is 9.60. The van der Waals surface area contributed by atoms with Gasteiger partial charge in [-0.05, 0) is 30.1 Å². The Balaban J connectivity index is 2.46. The third kappa shape index (κ3) is 2.74. The molecular weight excluding hydrogens is 168 g/mol. The average Bonchev–Trinajstić information content (AvgIpc) is 2.43. The molecule has 1 aliphatic rings. The maximum absolute atomic E-state index is 2.48. The molecule has 4 unspecified atom stereocenters. The highest BCUT2D eigenvalue weighted by Crippen LogP contribution is 2.45. The van der Waals surface area contributed by atoms with Crippen molar-refractivity contribution in [3.63, 3.8) is 0 Å². The Morgan fingerprint density at radius 2 is 1.71 bits per heavy atom. The van der Waals surface area contributed by atoms with E-state index in [4.69, 9.17) is 0 Å². The Bertz CT molecular complexity index is 150. The van der Waals surface area contributed by atoms with Crippen LogP contribution in [0.3, 0.4) is 0 Å². The second-order valence-corrected chi connectivity index (χ2v) is 5.43. The van der Waals surface area contributed by atoms with Gasteiger partial charge >= 0.3 is 0 Å². The summed E-state index contributed by atoms with van der Waals surface area (Å²) >= 11 is 0. The van der Waals surface area contributed by atoms with Gasteiger partial charge in [-0.1, -0.05) is 59.8 Å². The number of rotatable bonds is 5. The van der Waals surface area contributed by atoms with Crippen LogP contribution in [0.5, 0.6) is 0 Å². The maximum Gasteiger partial charge on any atom is -0.0358 e. The molecule has 0 aromatic rings. The van der Waals surface area contributed by atoms with Crippen LogP contribution in [0.2, 0.25) is 0 Å². The number of hydrogen-bond acceptors (Lipinski definition) is 0. The molecule has 14 heavy (non-hydrogen) atoms. The Labute approximate surface area is 90.5 Å². The Kier molecular flexibility index (Phi) is 4.98. The van der Waals surface area contributed by atoms with E-state index in [9.17, 15) is 0 Å². The zero-order valence-electron chi connectivity index (χ0n) is 10.6. The largest absolute Gasteiger partial charge is 0.0654 e. The van der Waals surface area contributed by atoms with Crippen LogP contribution in [-0.2, 0) is 0 Å². The van der Waals surface area contributed by atoms with E-state index >= 15 is 0 Å². The van der Waals surface area contributed by atoms with E-state index in [1.54, 1.807) is 0 Å². The van der Waals surface area contributed by atoms with Gasteiger partial charge in [0.05, 0.1) is 0 Å². The third-order valence-corrected chi connectivity index (χ3v) is 4.40. The fourth-order valence-corrected chi connectivity index (χ4v) is 3.35. The topological polar surface area (TPSA) is 0 Å². The highest BCUT2D eigenvalue weighted by atomic mass is 14.4. The van der Waals surface area contributed by atoms with E-state index in [1.165, 1.54) is 38.5 Å². The molecule has 0 heteroatoms. The molecule has 84 valence electrons. The molecule has 0 nitrogen and oxygen atoms in total. The second-order valence-electron chi connectivity index (χ2n) is 5.43. The van der Waals surface area contributed by atoms with Gasteiger partial charge in [-0.25, -0.2) is 0 Å². The highest BCUT2D eigenvalue weighted by molar-refractivity contribution is 4.86. The van der Waals surface area contributed by atoms with Gasteiger partial charge in [-0.3, -0.25) is 0 Å². The molecule has 0 aromatic carbocycles. The first-order valence-corrected chi connectivity index (χ1v) is 6.70. The van der Waals surface area contributed by atoms with Gasteiger partial charge in [0.1, 0.15) is 0 Å². The highest BCUT2D eigenvalue weighted by Gasteiger charge is 2.36. The molecule has 0 N–H and O–H groups in total. The molecule has 0 amide bonds. The zero-order valence-corrected chi connectivity index (χ0v) is 10.6. The lowest BCUT2D eigenvalue weighted by Crippen LogP contribution is -2.14. The number of unbranched alkanes of at least 4 members (excludes halogenated alkanes) is 1. The first-order chi connectivity index (χ1) is 6.70. The van der Waals surface area contributed by atoms with Crippen LogP contribution < -0.4 is 0 Å². The molecule has 0 saturated heterocycles. The van der Waals surface area contributed by atoms with Crippen molar-refractivity contribution in [1.29, 1.82) is 0 Å². The summed E-state index contributed by atoms with van der Waals surface area (Å²) in [6.07, 6.45) is 8.67. The van der Waals surface area contributed by atoms with Gasteiger partial charge in [0.25, 0.3) is 0 Å². The Morgan fingerprint density at radius 1 is 1.00 bits per heavy atom. The molecular formula is C14H28. The van der Waals surface area contributed by atoms with Gasteiger partial charge in [0.2, 0.25) is 0 Å². The molecule has 0 bridgehead atoms. The SMILES string of the molecule is CCCCC1CC(C)C(C)C1CCC. The fraction of sp³-hybridized carbons (Fsp3) is 1.00. The monoisotopic (exact) mass is 196 g/mol. The molecule has 0 aromatic heterocycles. The molecule has 1 aliphatic carbocycles. The van der Waals surface area contributed by atoms with Crippen LogP contribution in [0, 0.1) is 23.7 Å². The molecule has 1 fully saturated rings. The van der Waals surface area contributed by atoms with E-state index in [0.717, 1.165) is 23.7 Å².